The van der Waals surface area contributed by atoms with Gasteiger partial charge in [0.25, 0.3) is 5.56 Å². The van der Waals surface area contributed by atoms with Crippen LogP contribution in [0.4, 0.5) is 0 Å². The van der Waals surface area contributed by atoms with Crippen molar-refractivity contribution in [2.45, 2.75) is 32.7 Å². The molecule has 0 aliphatic carbocycles. The number of likely N-dealkylation sites (N-methyl/N-ethyl adjacent to an activating group) is 1. The van der Waals surface area contributed by atoms with Crippen LogP contribution < -0.4 is 10.9 Å². The normalized spacial score (nSPS) is 12.3. The van der Waals surface area contributed by atoms with Gasteiger partial charge in [-0.1, -0.05) is 42.0 Å². The first-order chi connectivity index (χ1) is 13.8. The fraction of sp³-hybridized carbons (Fsp3) is 0.333. The fourth-order valence-corrected chi connectivity index (χ4v) is 3.48. The van der Waals surface area contributed by atoms with E-state index in [2.05, 4.69) is 46.4 Å². The topological polar surface area (TPSA) is 65.2 Å². The Hall–Kier alpha value is -2.92. The van der Waals surface area contributed by atoms with Crippen molar-refractivity contribution in [2.24, 2.45) is 0 Å². The molecule has 1 amide bonds. The molecule has 2 aromatic carbocycles. The second-order valence-corrected chi connectivity index (χ2v) is 7.91. The van der Waals surface area contributed by atoms with Gasteiger partial charge in [0, 0.05) is 24.0 Å². The van der Waals surface area contributed by atoms with Crippen LogP contribution in [0.3, 0.4) is 0 Å². The van der Waals surface area contributed by atoms with Gasteiger partial charge < -0.3 is 15.2 Å². The van der Waals surface area contributed by atoms with Gasteiger partial charge in [0.2, 0.25) is 5.91 Å². The monoisotopic (exact) mass is 391 g/mol. The molecule has 3 aromatic rings. The fourth-order valence-electron chi connectivity index (χ4n) is 3.48. The van der Waals surface area contributed by atoms with E-state index in [1.807, 2.05) is 45.3 Å². The van der Waals surface area contributed by atoms with E-state index in [4.69, 9.17) is 0 Å². The first-order valence-electron chi connectivity index (χ1n) is 9.96. The molecule has 3 rings (SSSR count). The van der Waals surface area contributed by atoms with Gasteiger partial charge in [-0.15, -0.1) is 0 Å². The summed E-state index contributed by atoms with van der Waals surface area (Å²) in [6.07, 6.45) is 0.705. The Morgan fingerprint density at radius 1 is 1.03 bits per heavy atom. The molecular formula is C24H29N3O2. The average molecular weight is 392 g/mol. The van der Waals surface area contributed by atoms with E-state index >= 15 is 0 Å². The molecule has 1 atom stereocenters. The van der Waals surface area contributed by atoms with Gasteiger partial charge in [-0.2, -0.15) is 0 Å². The van der Waals surface area contributed by atoms with Crippen LogP contribution in [0, 0.1) is 13.8 Å². The highest BCUT2D eigenvalue weighted by molar-refractivity contribution is 5.80. The number of hydrogen-bond donors (Lipinski definition) is 2. The molecule has 0 aliphatic heterocycles. The minimum atomic E-state index is -0.123. The predicted octanol–water partition coefficient (Wildman–Crippen LogP) is 3.50. The highest BCUT2D eigenvalue weighted by Crippen LogP contribution is 2.18. The van der Waals surface area contributed by atoms with Crippen molar-refractivity contribution >= 4 is 16.8 Å². The number of aromatic nitrogens is 1. The molecule has 0 bridgehead atoms. The minimum absolute atomic E-state index is 0.0487. The highest BCUT2D eigenvalue weighted by atomic mass is 16.1. The molecule has 1 aromatic heterocycles. The summed E-state index contributed by atoms with van der Waals surface area (Å²) in [5.41, 5.74) is 4.83. The SMILES string of the molecule is Cc1ccc(C(CNC(=O)CCc2cc3ccc(C)cc3[nH]c2=O)N(C)C)cc1. The number of benzene rings is 2. The molecule has 0 saturated heterocycles. The van der Waals surface area contributed by atoms with Gasteiger partial charge in [-0.3, -0.25) is 9.59 Å². The van der Waals surface area contributed by atoms with Crippen LogP contribution in [-0.4, -0.2) is 36.4 Å². The highest BCUT2D eigenvalue weighted by Gasteiger charge is 2.15. The van der Waals surface area contributed by atoms with Crippen molar-refractivity contribution in [3.63, 3.8) is 0 Å². The van der Waals surface area contributed by atoms with Crippen LogP contribution in [0.25, 0.3) is 10.9 Å². The van der Waals surface area contributed by atoms with Gasteiger partial charge in [0.05, 0.1) is 6.04 Å². The van der Waals surface area contributed by atoms with Gasteiger partial charge in [-0.05, 0) is 63.0 Å². The number of pyridine rings is 1. The van der Waals surface area contributed by atoms with E-state index in [1.54, 1.807) is 0 Å². The molecule has 0 fully saturated rings. The number of carbonyl (C=O) groups excluding carboxylic acids is 1. The molecule has 1 heterocycles. The number of H-pyrrole nitrogens is 1. The Bertz CT molecular complexity index is 1050. The second-order valence-electron chi connectivity index (χ2n) is 7.91. The molecule has 152 valence electrons. The van der Waals surface area contributed by atoms with Gasteiger partial charge in [-0.25, -0.2) is 0 Å². The number of rotatable bonds is 7. The maximum absolute atomic E-state index is 12.4. The predicted molar refractivity (Wildman–Crippen MR) is 118 cm³/mol. The average Bonchev–Trinajstić information content (AvgIpc) is 2.67. The molecular weight excluding hydrogens is 362 g/mol. The maximum atomic E-state index is 12.4. The maximum Gasteiger partial charge on any atom is 0.251 e. The van der Waals surface area contributed by atoms with Crippen molar-refractivity contribution in [1.82, 2.24) is 15.2 Å². The van der Waals surface area contributed by atoms with E-state index < -0.39 is 0 Å². The summed E-state index contributed by atoms with van der Waals surface area (Å²) in [6.45, 7) is 4.59. The summed E-state index contributed by atoms with van der Waals surface area (Å²) in [7, 11) is 4.01. The lowest BCUT2D eigenvalue weighted by atomic mass is 10.0. The summed E-state index contributed by atoms with van der Waals surface area (Å²) < 4.78 is 0. The van der Waals surface area contributed by atoms with E-state index in [0.717, 1.165) is 16.5 Å². The van der Waals surface area contributed by atoms with Crippen LogP contribution in [0.1, 0.15) is 34.7 Å². The van der Waals surface area contributed by atoms with Crippen LogP contribution in [0.2, 0.25) is 0 Å². The van der Waals surface area contributed by atoms with Crippen molar-refractivity contribution in [2.75, 3.05) is 20.6 Å². The molecule has 0 saturated carbocycles. The largest absolute Gasteiger partial charge is 0.354 e. The number of aryl methyl sites for hydroxylation is 3. The number of fused-ring (bicyclic) bond motifs is 1. The third-order valence-corrected chi connectivity index (χ3v) is 5.28. The number of nitrogens with one attached hydrogen (secondary N) is 2. The smallest absolute Gasteiger partial charge is 0.251 e. The molecule has 5 heteroatoms. The standard InChI is InChI=1S/C24H29N3O2/c1-16-5-8-18(9-6-16)22(27(3)4)15-25-23(28)12-11-20-14-19-10-7-17(2)13-21(19)26-24(20)29/h5-10,13-14,22H,11-12,15H2,1-4H3,(H,25,28)(H,26,29). The lowest BCUT2D eigenvalue weighted by Crippen LogP contribution is -2.34. The third kappa shape index (κ3) is 5.33. The number of nitrogens with zero attached hydrogens (tertiary/aromatic N) is 1. The molecule has 2 N–H and O–H groups in total. The summed E-state index contributed by atoms with van der Waals surface area (Å²) in [5.74, 6) is -0.0487. The number of hydrogen-bond acceptors (Lipinski definition) is 3. The summed E-state index contributed by atoms with van der Waals surface area (Å²) in [5, 5.41) is 4.00. The zero-order valence-corrected chi connectivity index (χ0v) is 17.6. The Morgan fingerprint density at radius 2 is 1.72 bits per heavy atom. The molecule has 5 nitrogen and oxygen atoms in total. The molecule has 29 heavy (non-hydrogen) atoms. The Kier molecular flexibility index (Phi) is 6.49. The van der Waals surface area contributed by atoms with E-state index in [-0.39, 0.29) is 23.9 Å². The van der Waals surface area contributed by atoms with E-state index in [1.165, 1.54) is 11.1 Å². The van der Waals surface area contributed by atoms with E-state index in [0.29, 0.717) is 18.5 Å². The minimum Gasteiger partial charge on any atom is -0.354 e. The van der Waals surface area contributed by atoms with Gasteiger partial charge in [0.1, 0.15) is 0 Å². The van der Waals surface area contributed by atoms with Gasteiger partial charge >= 0.3 is 0 Å². The van der Waals surface area contributed by atoms with Crippen LogP contribution in [0.15, 0.2) is 53.3 Å². The molecule has 1 unspecified atom stereocenters. The third-order valence-electron chi connectivity index (χ3n) is 5.28. The summed E-state index contributed by atoms with van der Waals surface area (Å²) in [6, 6.07) is 16.3. The summed E-state index contributed by atoms with van der Waals surface area (Å²) in [4.78, 5) is 29.8. The van der Waals surface area contributed by atoms with Crippen molar-refractivity contribution < 1.29 is 4.79 Å². The molecule has 0 spiro atoms. The molecule has 0 aliphatic rings. The lowest BCUT2D eigenvalue weighted by Gasteiger charge is -2.25. The van der Waals surface area contributed by atoms with Crippen LogP contribution in [0.5, 0.6) is 0 Å². The number of carbonyl (C=O) groups is 1. The second kappa shape index (κ2) is 9.05. The lowest BCUT2D eigenvalue weighted by molar-refractivity contribution is -0.121. The van der Waals surface area contributed by atoms with Crippen LogP contribution >= 0.6 is 0 Å². The Labute approximate surface area is 171 Å². The van der Waals surface area contributed by atoms with Crippen LogP contribution in [-0.2, 0) is 11.2 Å². The van der Waals surface area contributed by atoms with Crippen molar-refractivity contribution in [3.05, 3.63) is 81.1 Å². The Balaban J connectivity index is 1.61. The van der Waals surface area contributed by atoms with E-state index in [9.17, 15) is 9.59 Å². The van der Waals surface area contributed by atoms with Crippen molar-refractivity contribution in [1.29, 1.82) is 0 Å². The zero-order valence-electron chi connectivity index (χ0n) is 17.6. The first-order valence-corrected chi connectivity index (χ1v) is 9.96. The first kappa shape index (κ1) is 20.8. The van der Waals surface area contributed by atoms with Crippen molar-refractivity contribution in [3.8, 4) is 0 Å². The zero-order chi connectivity index (χ0) is 21.0. The molecule has 0 radical (unpaired) electrons. The Morgan fingerprint density at radius 3 is 2.41 bits per heavy atom. The summed E-state index contributed by atoms with van der Waals surface area (Å²) >= 11 is 0. The van der Waals surface area contributed by atoms with Gasteiger partial charge in [0.15, 0.2) is 0 Å². The number of aromatic amines is 1. The quantitative estimate of drug-likeness (QED) is 0.648. The number of amides is 1.